The molecular weight excluding hydrogens is 310 g/mol. The molecule has 0 fully saturated rings. The number of benzene rings is 1. The lowest BCUT2D eigenvalue weighted by Crippen LogP contribution is -2.08. The van der Waals surface area contributed by atoms with Gasteiger partial charge in [-0.1, -0.05) is 11.6 Å². The van der Waals surface area contributed by atoms with Gasteiger partial charge in [0.2, 0.25) is 5.82 Å². The molecule has 1 aromatic heterocycles. The minimum Gasteiger partial charge on any atom is -0.376 e. The lowest BCUT2D eigenvalue weighted by atomic mass is 10.1. The van der Waals surface area contributed by atoms with Crippen molar-refractivity contribution in [3.05, 3.63) is 55.2 Å². The Morgan fingerprint density at radius 2 is 2.05 bits per heavy atom. The van der Waals surface area contributed by atoms with Gasteiger partial charge >= 0.3 is 5.69 Å². The number of thiophene rings is 1. The Morgan fingerprint density at radius 3 is 2.60 bits per heavy atom. The van der Waals surface area contributed by atoms with E-state index in [0.29, 0.717) is 10.4 Å². The van der Waals surface area contributed by atoms with Crippen LogP contribution in [0.2, 0.25) is 4.34 Å². The first-order valence-corrected chi connectivity index (χ1v) is 6.78. The van der Waals surface area contributed by atoms with Crippen LogP contribution in [0, 0.1) is 21.7 Å². The van der Waals surface area contributed by atoms with E-state index in [4.69, 9.17) is 11.6 Å². The molecule has 2 rings (SSSR count). The van der Waals surface area contributed by atoms with E-state index in [1.807, 2.05) is 0 Å². The Morgan fingerprint density at radius 1 is 1.35 bits per heavy atom. The van der Waals surface area contributed by atoms with Crippen LogP contribution in [0.15, 0.2) is 23.6 Å². The van der Waals surface area contributed by atoms with E-state index in [-0.39, 0.29) is 11.7 Å². The van der Waals surface area contributed by atoms with Gasteiger partial charge in [-0.25, -0.2) is 4.39 Å². The van der Waals surface area contributed by atoms with Crippen LogP contribution in [0.1, 0.15) is 18.5 Å². The maximum atomic E-state index is 13.6. The van der Waals surface area contributed by atoms with E-state index >= 15 is 0 Å². The minimum atomic E-state index is -1.20. The van der Waals surface area contributed by atoms with Crippen LogP contribution < -0.4 is 5.32 Å². The smallest absolute Gasteiger partial charge is 0.307 e. The predicted molar refractivity (Wildman–Crippen MR) is 74.4 cm³/mol. The van der Waals surface area contributed by atoms with Crippen molar-refractivity contribution in [2.75, 3.05) is 5.32 Å². The summed E-state index contributed by atoms with van der Waals surface area (Å²) in [6.07, 6.45) is 0. The Hall–Kier alpha value is -1.73. The molecular formula is C12H9ClF2N2O2S. The van der Waals surface area contributed by atoms with Crippen molar-refractivity contribution in [2.45, 2.75) is 13.0 Å². The van der Waals surface area contributed by atoms with Crippen molar-refractivity contribution in [3.8, 4) is 0 Å². The second-order valence-electron chi connectivity index (χ2n) is 4.09. The molecule has 0 radical (unpaired) electrons. The van der Waals surface area contributed by atoms with Crippen molar-refractivity contribution >= 4 is 34.3 Å². The normalized spacial score (nSPS) is 12.2. The monoisotopic (exact) mass is 318 g/mol. The van der Waals surface area contributed by atoms with Crippen LogP contribution in [-0.4, -0.2) is 4.92 Å². The van der Waals surface area contributed by atoms with E-state index in [0.717, 1.165) is 11.6 Å². The summed E-state index contributed by atoms with van der Waals surface area (Å²) < 4.78 is 27.4. The summed E-state index contributed by atoms with van der Waals surface area (Å²) in [5.41, 5.74) is -0.0937. The number of rotatable bonds is 4. The number of halogens is 3. The Labute approximate surface area is 122 Å². The molecule has 1 N–H and O–H groups in total. The highest BCUT2D eigenvalue weighted by atomic mass is 35.5. The van der Waals surface area contributed by atoms with Crippen LogP contribution in [0.5, 0.6) is 0 Å². The van der Waals surface area contributed by atoms with Crippen LogP contribution in [0.25, 0.3) is 0 Å². The summed E-state index contributed by atoms with van der Waals surface area (Å²) in [7, 11) is 0. The third-order valence-electron chi connectivity index (χ3n) is 2.69. The van der Waals surface area contributed by atoms with Crippen LogP contribution >= 0.6 is 22.9 Å². The Balaban J connectivity index is 2.29. The van der Waals surface area contributed by atoms with Crippen LogP contribution in [0.4, 0.5) is 20.2 Å². The topological polar surface area (TPSA) is 55.2 Å². The Kier molecular flexibility index (Phi) is 4.20. The number of hydrogen-bond acceptors (Lipinski definition) is 4. The molecule has 0 saturated carbocycles. The number of nitrogens with zero attached hydrogens (tertiary/aromatic N) is 1. The van der Waals surface area contributed by atoms with Gasteiger partial charge in [-0.2, -0.15) is 4.39 Å². The molecule has 1 atom stereocenters. The highest BCUT2D eigenvalue weighted by Gasteiger charge is 2.20. The molecule has 1 heterocycles. The van der Waals surface area contributed by atoms with E-state index in [9.17, 15) is 18.9 Å². The first-order chi connectivity index (χ1) is 9.38. The fraction of sp³-hybridized carbons (Fsp3) is 0.167. The van der Waals surface area contributed by atoms with Gasteiger partial charge in [-0.05, 0) is 23.9 Å². The fourth-order valence-corrected chi connectivity index (χ4v) is 2.64. The Bertz CT molecular complexity index is 663. The fourth-order valence-electron chi connectivity index (χ4n) is 1.66. The van der Waals surface area contributed by atoms with Gasteiger partial charge in [0.1, 0.15) is 5.82 Å². The van der Waals surface area contributed by atoms with Gasteiger partial charge in [-0.15, -0.1) is 11.3 Å². The third kappa shape index (κ3) is 3.05. The summed E-state index contributed by atoms with van der Waals surface area (Å²) >= 11 is 7.13. The molecule has 0 amide bonds. The van der Waals surface area contributed by atoms with Gasteiger partial charge in [-0.3, -0.25) is 10.1 Å². The molecule has 8 heteroatoms. The molecule has 106 valence electrons. The maximum absolute atomic E-state index is 13.6. The molecule has 1 aromatic carbocycles. The summed E-state index contributed by atoms with van der Waals surface area (Å²) in [5, 5.41) is 15.2. The summed E-state index contributed by atoms with van der Waals surface area (Å²) in [6, 6.07) is 2.72. The predicted octanol–water partition coefficient (Wildman–Crippen LogP) is 4.76. The van der Waals surface area contributed by atoms with Gasteiger partial charge in [0, 0.05) is 18.2 Å². The molecule has 0 bridgehead atoms. The van der Waals surface area contributed by atoms with Crippen molar-refractivity contribution in [1.82, 2.24) is 0 Å². The standard InChI is InChI=1S/C12H9ClF2N2O2S/c1-6(7-2-12(13)20-5-7)16-10-4-11(17(18)19)9(15)3-8(10)14/h2-6,16H,1H3. The first kappa shape index (κ1) is 14.7. The SMILES string of the molecule is CC(Nc1cc([N+](=O)[O-])c(F)cc1F)c1csc(Cl)c1. The van der Waals surface area contributed by atoms with E-state index < -0.39 is 22.2 Å². The lowest BCUT2D eigenvalue weighted by molar-refractivity contribution is -0.387. The summed E-state index contributed by atoms with van der Waals surface area (Å²) in [6.45, 7) is 1.74. The molecule has 0 aliphatic rings. The van der Waals surface area contributed by atoms with Crippen molar-refractivity contribution < 1.29 is 13.7 Å². The third-order valence-corrected chi connectivity index (χ3v) is 3.80. The second kappa shape index (κ2) is 5.72. The first-order valence-electron chi connectivity index (χ1n) is 5.52. The quantitative estimate of drug-likeness (QED) is 0.653. The zero-order valence-corrected chi connectivity index (χ0v) is 11.8. The molecule has 2 aromatic rings. The maximum Gasteiger partial charge on any atom is 0.307 e. The molecule has 20 heavy (non-hydrogen) atoms. The molecule has 0 aliphatic heterocycles. The van der Waals surface area contributed by atoms with E-state index in [1.165, 1.54) is 11.3 Å². The van der Waals surface area contributed by atoms with Crippen LogP contribution in [0.3, 0.4) is 0 Å². The van der Waals surface area contributed by atoms with Gasteiger partial charge < -0.3 is 5.32 Å². The summed E-state index contributed by atoms with van der Waals surface area (Å²) in [4.78, 5) is 9.75. The van der Waals surface area contributed by atoms with E-state index in [1.54, 1.807) is 18.4 Å². The minimum absolute atomic E-state index is 0.132. The number of nitro benzene ring substituents is 1. The second-order valence-corrected chi connectivity index (χ2v) is 5.63. The van der Waals surface area contributed by atoms with Crippen LogP contribution in [-0.2, 0) is 0 Å². The summed E-state index contributed by atoms with van der Waals surface area (Å²) in [5.74, 6) is -2.09. The zero-order chi connectivity index (χ0) is 14.9. The highest BCUT2D eigenvalue weighted by molar-refractivity contribution is 7.14. The van der Waals surface area contributed by atoms with Gasteiger partial charge in [0.25, 0.3) is 0 Å². The molecule has 4 nitrogen and oxygen atoms in total. The number of hydrogen-bond donors (Lipinski definition) is 1. The number of nitrogens with one attached hydrogen (secondary N) is 1. The molecule has 0 spiro atoms. The number of anilines is 1. The van der Waals surface area contributed by atoms with Crippen molar-refractivity contribution in [2.24, 2.45) is 0 Å². The van der Waals surface area contributed by atoms with Crippen molar-refractivity contribution in [1.29, 1.82) is 0 Å². The average molecular weight is 319 g/mol. The average Bonchev–Trinajstić information content (AvgIpc) is 2.79. The highest BCUT2D eigenvalue weighted by Crippen LogP contribution is 2.30. The molecule has 0 aliphatic carbocycles. The number of nitro groups is 1. The van der Waals surface area contributed by atoms with Crippen molar-refractivity contribution in [3.63, 3.8) is 0 Å². The largest absolute Gasteiger partial charge is 0.376 e. The molecule has 1 unspecified atom stereocenters. The van der Waals surface area contributed by atoms with Gasteiger partial charge in [0.05, 0.1) is 14.9 Å². The molecule has 0 saturated heterocycles. The van der Waals surface area contributed by atoms with Gasteiger partial charge in [0.15, 0.2) is 0 Å². The van der Waals surface area contributed by atoms with E-state index in [2.05, 4.69) is 5.32 Å². The lowest BCUT2D eigenvalue weighted by Gasteiger charge is -2.14. The zero-order valence-electron chi connectivity index (χ0n) is 10.2.